The van der Waals surface area contributed by atoms with Crippen LogP contribution in [0.2, 0.25) is 0 Å². The van der Waals surface area contributed by atoms with Gasteiger partial charge in [-0.15, -0.1) is 0 Å². The first-order chi connectivity index (χ1) is 3.29. The van der Waals surface area contributed by atoms with E-state index in [4.69, 9.17) is 0 Å². The van der Waals surface area contributed by atoms with Crippen molar-refractivity contribution in [1.82, 2.24) is 5.32 Å². The minimum absolute atomic E-state index is 0.181. The summed E-state index contributed by atoms with van der Waals surface area (Å²) in [5, 5.41) is 2.42. The van der Waals surface area contributed by atoms with Gasteiger partial charge in [0, 0.05) is 0 Å². The average Bonchev–Trinajstić information content (AvgIpc) is 1.87. The van der Waals surface area contributed by atoms with Gasteiger partial charge >= 0.3 is 6.03 Å². The summed E-state index contributed by atoms with van der Waals surface area (Å²) in [6, 6.07) is -0.332. The molecule has 1 aliphatic rings. The first-order valence-electron chi connectivity index (χ1n) is 1.70. The molecule has 1 N–H and O–H groups in total. The predicted octanol–water partition coefficient (Wildman–Crippen LogP) is 0.378. The Bertz CT molecular complexity index is 122. The molecular formula is C3H2BrN2O. The zero-order valence-corrected chi connectivity index (χ0v) is 4.90. The Labute approximate surface area is 48.9 Å². The molecule has 0 fully saturated rings. The van der Waals surface area contributed by atoms with Crippen LogP contribution in [0.3, 0.4) is 0 Å². The highest BCUT2D eigenvalue weighted by atomic mass is 79.9. The van der Waals surface area contributed by atoms with Crippen LogP contribution >= 0.6 is 15.9 Å². The van der Waals surface area contributed by atoms with E-state index in [0.29, 0.717) is 0 Å². The van der Waals surface area contributed by atoms with Crippen LogP contribution in [0, 0.1) is 0 Å². The van der Waals surface area contributed by atoms with Crippen molar-refractivity contribution < 1.29 is 4.79 Å². The van der Waals surface area contributed by atoms with Gasteiger partial charge in [0.05, 0.1) is 0 Å². The molecule has 1 aliphatic heterocycles. The number of carbonyl (C=O) groups is 1. The molecule has 0 aromatic carbocycles. The van der Waals surface area contributed by atoms with Crippen LogP contribution in [0.1, 0.15) is 0 Å². The molecule has 1 unspecified atom stereocenters. The number of urea groups is 1. The van der Waals surface area contributed by atoms with E-state index in [-0.39, 0.29) is 11.0 Å². The summed E-state index contributed by atoms with van der Waals surface area (Å²) in [5.41, 5.74) is 0. The Morgan fingerprint density at radius 1 is 2.00 bits per heavy atom. The molecule has 0 aromatic rings. The second-order valence-electron chi connectivity index (χ2n) is 1.05. The van der Waals surface area contributed by atoms with Gasteiger partial charge in [0.2, 0.25) is 0 Å². The lowest BCUT2D eigenvalue weighted by atomic mass is 10.8. The van der Waals surface area contributed by atoms with Gasteiger partial charge < -0.3 is 5.32 Å². The lowest BCUT2D eigenvalue weighted by Gasteiger charge is -1.89. The molecule has 0 saturated heterocycles. The summed E-state index contributed by atoms with van der Waals surface area (Å²) in [6.07, 6.45) is 2.45. The summed E-state index contributed by atoms with van der Waals surface area (Å²) in [7, 11) is 0. The van der Waals surface area contributed by atoms with E-state index in [2.05, 4.69) is 32.5 Å². The first kappa shape index (κ1) is 4.77. The van der Waals surface area contributed by atoms with Crippen molar-refractivity contribution in [3.8, 4) is 0 Å². The van der Waals surface area contributed by atoms with Crippen LogP contribution in [0.5, 0.6) is 0 Å². The number of amides is 2. The van der Waals surface area contributed by atoms with Gasteiger partial charge in [0.1, 0.15) is 11.2 Å². The summed E-state index contributed by atoms with van der Waals surface area (Å²) >= 11 is 3.04. The lowest BCUT2D eigenvalue weighted by Crippen LogP contribution is -2.20. The van der Waals surface area contributed by atoms with Gasteiger partial charge in [0.15, 0.2) is 0 Å². The van der Waals surface area contributed by atoms with Crippen LogP contribution in [-0.4, -0.2) is 17.2 Å². The van der Waals surface area contributed by atoms with Crippen LogP contribution in [0.15, 0.2) is 4.99 Å². The van der Waals surface area contributed by atoms with Crippen LogP contribution in [0.25, 0.3) is 0 Å². The Balaban J connectivity index is 2.58. The van der Waals surface area contributed by atoms with E-state index < -0.39 is 0 Å². The minimum atomic E-state index is -0.332. The fourth-order valence-corrected chi connectivity index (χ4v) is 0.586. The number of hydrogen-bond acceptors (Lipinski definition) is 1. The average molecular weight is 162 g/mol. The fourth-order valence-electron chi connectivity index (χ4n) is 0.288. The summed E-state index contributed by atoms with van der Waals surface area (Å²) in [6.45, 7) is 0. The molecule has 0 aromatic heterocycles. The second kappa shape index (κ2) is 1.61. The van der Waals surface area contributed by atoms with Crippen molar-refractivity contribution in [3.63, 3.8) is 0 Å². The third kappa shape index (κ3) is 0.991. The van der Waals surface area contributed by atoms with Crippen molar-refractivity contribution in [1.29, 1.82) is 0 Å². The topological polar surface area (TPSA) is 41.5 Å². The van der Waals surface area contributed by atoms with Gasteiger partial charge in [0.25, 0.3) is 0 Å². The maximum Gasteiger partial charge on any atom is 0.342 e. The number of rotatable bonds is 0. The molecule has 0 aliphatic carbocycles. The minimum Gasteiger partial charge on any atom is -0.318 e. The van der Waals surface area contributed by atoms with Crippen molar-refractivity contribution in [2.45, 2.75) is 4.95 Å². The fraction of sp³-hybridized carbons (Fsp3) is 0.333. The Hall–Kier alpha value is -0.380. The highest BCUT2D eigenvalue weighted by molar-refractivity contribution is 9.09. The zero-order chi connectivity index (χ0) is 5.28. The van der Waals surface area contributed by atoms with Crippen LogP contribution < -0.4 is 5.32 Å². The molecule has 1 radical (unpaired) electrons. The molecule has 0 saturated carbocycles. The van der Waals surface area contributed by atoms with Crippen molar-refractivity contribution in [2.75, 3.05) is 0 Å². The molecule has 2 amide bonds. The SMILES string of the molecule is O=C1N=[C]C(Br)N1. The molecule has 1 atom stereocenters. The smallest absolute Gasteiger partial charge is 0.318 e. The maximum absolute atomic E-state index is 10.1. The molecule has 7 heavy (non-hydrogen) atoms. The Morgan fingerprint density at radius 2 is 2.71 bits per heavy atom. The Morgan fingerprint density at radius 3 is 2.86 bits per heavy atom. The third-order valence-corrected chi connectivity index (χ3v) is 0.963. The molecule has 1 heterocycles. The number of alkyl halides is 1. The highest BCUT2D eigenvalue weighted by Gasteiger charge is 2.10. The van der Waals surface area contributed by atoms with E-state index in [9.17, 15) is 4.79 Å². The molecule has 37 valence electrons. The second-order valence-corrected chi connectivity index (χ2v) is 1.97. The summed E-state index contributed by atoms with van der Waals surface area (Å²) < 4.78 is 0. The van der Waals surface area contributed by atoms with Gasteiger partial charge in [-0.3, -0.25) is 0 Å². The van der Waals surface area contributed by atoms with Gasteiger partial charge in [-0.1, -0.05) is 15.9 Å². The predicted molar refractivity (Wildman–Crippen MR) is 28.7 cm³/mol. The molecular weight excluding hydrogens is 160 g/mol. The van der Waals surface area contributed by atoms with Gasteiger partial charge in [-0.25, -0.2) is 4.79 Å². The molecule has 0 bridgehead atoms. The third-order valence-electron chi connectivity index (χ3n) is 0.530. The van der Waals surface area contributed by atoms with E-state index in [1.165, 1.54) is 0 Å². The molecule has 3 nitrogen and oxygen atoms in total. The molecule has 0 spiro atoms. The summed E-state index contributed by atoms with van der Waals surface area (Å²) in [5.74, 6) is 0. The van der Waals surface area contributed by atoms with Gasteiger partial charge in [-0.05, 0) is 0 Å². The van der Waals surface area contributed by atoms with E-state index in [1.54, 1.807) is 0 Å². The molecule has 1 rings (SSSR count). The van der Waals surface area contributed by atoms with E-state index in [1.807, 2.05) is 0 Å². The number of nitrogens with one attached hydrogen (secondary N) is 1. The number of halogens is 1. The first-order valence-corrected chi connectivity index (χ1v) is 2.61. The normalized spacial score (nSPS) is 28.1. The van der Waals surface area contributed by atoms with Crippen LogP contribution in [0.4, 0.5) is 4.79 Å². The van der Waals surface area contributed by atoms with Crippen molar-refractivity contribution in [3.05, 3.63) is 0 Å². The maximum atomic E-state index is 10.1. The number of aliphatic imine (C=N–C) groups is 1. The lowest BCUT2D eigenvalue weighted by molar-refractivity contribution is 0.252. The number of carbonyl (C=O) groups excluding carboxylic acids is 1. The zero-order valence-electron chi connectivity index (χ0n) is 3.31. The Kier molecular flexibility index (Phi) is 1.10. The quantitative estimate of drug-likeness (QED) is 0.406. The van der Waals surface area contributed by atoms with Gasteiger partial charge in [-0.2, -0.15) is 4.99 Å². The number of hydrogen-bond donors (Lipinski definition) is 1. The highest BCUT2D eigenvalue weighted by Crippen LogP contribution is 1.96. The largest absolute Gasteiger partial charge is 0.342 e. The molecule has 4 heteroatoms. The van der Waals surface area contributed by atoms with Crippen LogP contribution in [-0.2, 0) is 0 Å². The van der Waals surface area contributed by atoms with E-state index in [0.717, 1.165) is 0 Å². The van der Waals surface area contributed by atoms with Crippen molar-refractivity contribution in [2.24, 2.45) is 4.99 Å². The standard InChI is InChI=1S/C3H2BrN2O/c4-2-1-5-3(7)6-2/h2H,(H,6,7). The van der Waals surface area contributed by atoms with E-state index >= 15 is 0 Å². The monoisotopic (exact) mass is 161 g/mol. The summed E-state index contributed by atoms with van der Waals surface area (Å²) in [4.78, 5) is 13.2. The van der Waals surface area contributed by atoms with Crippen molar-refractivity contribution >= 4 is 28.2 Å². The number of nitrogens with zero attached hydrogens (tertiary/aromatic N) is 1.